The number of amides is 2. The van der Waals surface area contributed by atoms with Crippen LogP contribution in [0.5, 0.6) is 0 Å². The van der Waals surface area contributed by atoms with Gasteiger partial charge in [0.25, 0.3) is 11.8 Å². The van der Waals surface area contributed by atoms with Crippen LogP contribution in [0.25, 0.3) is 0 Å². The van der Waals surface area contributed by atoms with Crippen molar-refractivity contribution in [3.63, 3.8) is 0 Å². The predicted molar refractivity (Wildman–Crippen MR) is 182 cm³/mol. The maximum Gasteiger partial charge on any atom is 0.255 e. The Morgan fingerprint density at radius 1 is 0.488 bits per heavy atom. The molecule has 9 heteroatoms. The first-order chi connectivity index (χ1) is 19.9. The molecule has 8 nitrogen and oxygen atoms in total. The monoisotopic (exact) mass is 604 g/mol. The van der Waals surface area contributed by atoms with Crippen molar-refractivity contribution in [2.24, 2.45) is 9.98 Å². The fourth-order valence-corrected chi connectivity index (χ4v) is 4.06. The molecule has 0 saturated heterocycles. The standard InChI is InChI=1S/C34H44N6O2.ClH/c1-21(2)35-31(36-22(3)4)25-13-17-29(18-14-25)39-33(41)27-9-11-28(12-10-27)34(42)40-30-19-15-26(16-20-30)32(37-23(5)6)38-24(7)8;/h9-24H,1-8H3,(H,35,36)(H,37,38)(H,39,41)(H,40,42);1H. The molecule has 0 aliphatic rings. The van der Waals surface area contributed by atoms with Gasteiger partial charge in [0.1, 0.15) is 11.7 Å². The Bertz CT molecular complexity index is 1290. The van der Waals surface area contributed by atoms with Crippen LogP contribution in [0.3, 0.4) is 0 Å². The van der Waals surface area contributed by atoms with E-state index in [1.165, 1.54) is 0 Å². The minimum atomic E-state index is -0.254. The third-order valence-corrected chi connectivity index (χ3v) is 5.87. The Labute approximate surface area is 262 Å². The summed E-state index contributed by atoms with van der Waals surface area (Å²) < 4.78 is 0. The van der Waals surface area contributed by atoms with Crippen LogP contribution in [0.1, 0.15) is 87.2 Å². The van der Waals surface area contributed by atoms with Gasteiger partial charge in [-0.05, 0) is 128 Å². The third kappa shape index (κ3) is 11.2. The van der Waals surface area contributed by atoms with Gasteiger partial charge in [0.2, 0.25) is 0 Å². The topological polar surface area (TPSA) is 107 Å². The molecule has 0 atom stereocenters. The summed E-state index contributed by atoms with van der Waals surface area (Å²) in [5.41, 5.74) is 4.17. The van der Waals surface area contributed by atoms with E-state index in [-0.39, 0.29) is 48.4 Å². The van der Waals surface area contributed by atoms with Crippen molar-refractivity contribution in [1.29, 1.82) is 0 Å². The number of anilines is 2. The molecule has 3 aromatic carbocycles. The lowest BCUT2D eigenvalue weighted by Gasteiger charge is -2.15. The first kappa shape index (κ1) is 35.0. The fraction of sp³-hybridized carbons (Fsp3) is 0.353. The van der Waals surface area contributed by atoms with Gasteiger partial charge in [-0.1, -0.05) is 0 Å². The number of carbonyl (C=O) groups excluding carboxylic acids is 2. The fourth-order valence-electron chi connectivity index (χ4n) is 4.06. The number of hydrogen-bond acceptors (Lipinski definition) is 4. The highest BCUT2D eigenvalue weighted by Gasteiger charge is 2.12. The number of amidine groups is 2. The van der Waals surface area contributed by atoms with Crippen LogP contribution in [-0.4, -0.2) is 47.7 Å². The zero-order valence-electron chi connectivity index (χ0n) is 26.4. The molecule has 2 amide bonds. The van der Waals surface area contributed by atoms with E-state index in [0.717, 1.165) is 22.8 Å². The second-order valence-corrected chi connectivity index (χ2v) is 11.4. The molecule has 0 unspecified atom stereocenters. The number of aliphatic imine (C=N–C) groups is 2. The molecule has 0 heterocycles. The molecule has 43 heavy (non-hydrogen) atoms. The summed E-state index contributed by atoms with van der Waals surface area (Å²) in [6.07, 6.45) is 0. The quantitative estimate of drug-likeness (QED) is 0.149. The molecule has 0 aliphatic carbocycles. The van der Waals surface area contributed by atoms with Crippen molar-refractivity contribution in [1.82, 2.24) is 10.6 Å². The van der Waals surface area contributed by atoms with Gasteiger partial charge < -0.3 is 21.3 Å². The molecule has 0 bridgehead atoms. The van der Waals surface area contributed by atoms with Gasteiger partial charge in [-0.25, -0.2) is 0 Å². The second kappa shape index (κ2) is 16.5. The van der Waals surface area contributed by atoms with Crippen LogP contribution in [0.4, 0.5) is 11.4 Å². The van der Waals surface area contributed by atoms with Crippen molar-refractivity contribution in [3.8, 4) is 0 Å². The molecule has 0 fully saturated rings. The lowest BCUT2D eigenvalue weighted by molar-refractivity contribution is 0.101. The highest BCUT2D eigenvalue weighted by atomic mass is 35.5. The molecule has 4 N–H and O–H groups in total. The number of hydrogen-bond donors (Lipinski definition) is 4. The molecule has 0 saturated carbocycles. The number of nitrogens with zero attached hydrogens (tertiary/aromatic N) is 2. The van der Waals surface area contributed by atoms with Gasteiger partial charge in [-0.3, -0.25) is 19.6 Å². The summed E-state index contributed by atoms with van der Waals surface area (Å²) in [5, 5.41) is 12.6. The van der Waals surface area contributed by atoms with E-state index in [0.29, 0.717) is 22.5 Å². The normalized spacial score (nSPS) is 11.9. The first-order valence-electron chi connectivity index (χ1n) is 14.5. The van der Waals surface area contributed by atoms with Gasteiger partial charge in [0.05, 0.1) is 0 Å². The molecular formula is C34H45ClN6O2. The molecule has 0 radical (unpaired) electrons. The zero-order chi connectivity index (χ0) is 30.8. The Morgan fingerprint density at radius 2 is 0.767 bits per heavy atom. The maximum atomic E-state index is 12.9. The van der Waals surface area contributed by atoms with Crippen molar-refractivity contribution in [2.45, 2.75) is 79.6 Å². The van der Waals surface area contributed by atoms with Crippen LogP contribution in [0, 0.1) is 0 Å². The Balaban J connectivity index is 0.00000645. The van der Waals surface area contributed by atoms with Crippen molar-refractivity contribution < 1.29 is 9.59 Å². The molecule has 0 aromatic heterocycles. The van der Waals surface area contributed by atoms with Crippen molar-refractivity contribution in [2.75, 3.05) is 10.6 Å². The van der Waals surface area contributed by atoms with Crippen LogP contribution < -0.4 is 21.3 Å². The predicted octanol–water partition coefficient (Wildman–Crippen LogP) is 6.92. The summed E-state index contributed by atoms with van der Waals surface area (Å²) in [6, 6.07) is 22.6. The Hall–Kier alpha value is -4.17. The van der Waals surface area contributed by atoms with E-state index in [1.54, 1.807) is 24.3 Å². The summed E-state index contributed by atoms with van der Waals surface area (Å²) in [4.78, 5) is 35.1. The Kier molecular flexibility index (Phi) is 13.4. The van der Waals surface area contributed by atoms with Crippen LogP contribution in [-0.2, 0) is 0 Å². The van der Waals surface area contributed by atoms with E-state index in [1.807, 2.05) is 76.2 Å². The van der Waals surface area contributed by atoms with E-state index < -0.39 is 0 Å². The van der Waals surface area contributed by atoms with E-state index in [9.17, 15) is 9.59 Å². The lowest BCUT2D eigenvalue weighted by atomic mass is 10.1. The molecular weight excluding hydrogens is 560 g/mol. The van der Waals surface area contributed by atoms with E-state index >= 15 is 0 Å². The number of benzene rings is 3. The van der Waals surface area contributed by atoms with E-state index in [4.69, 9.17) is 0 Å². The molecule has 0 spiro atoms. The number of halogens is 1. The number of rotatable bonds is 10. The number of carbonyl (C=O) groups is 2. The van der Waals surface area contributed by atoms with Gasteiger partial charge >= 0.3 is 0 Å². The van der Waals surface area contributed by atoms with Crippen LogP contribution in [0.2, 0.25) is 0 Å². The van der Waals surface area contributed by atoms with Crippen LogP contribution in [0.15, 0.2) is 82.8 Å². The van der Waals surface area contributed by atoms with Crippen molar-refractivity contribution >= 4 is 47.3 Å². The van der Waals surface area contributed by atoms with Gasteiger partial charge in [-0.2, -0.15) is 0 Å². The highest BCUT2D eigenvalue weighted by molar-refractivity contribution is 6.08. The molecule has 0 aliphatic heterocycles. The minimum absolute atomic E-state index is 0. The smallest absolute Gasteiger partial charge is 0.255 e. The summed E-state index contributed by atoms with van der Waals surface area (Å²) in [6.45, 7) is 16.4. The SMILES string of the molecule is CC(C)N=C(NC(C)C)c1ccc(NC(=O)c2ccc(C(=O)Nc3ccc(C(=NC(C)C)NC(C)C)cc3)cc2)cc1.Cl. The maximum absolute atomic E-state index is 12.9. The summed E-state index contributed by atoms with van der Waals surface area (Å²) >= 11 is 0. The lowest BCUT2D eigenvalue weighted by Crippen LogP contribution is -2.31. The van der Waals surface area contributed by atoms with Crippen LogP contribution >= 0.6 is 12.4 Å². The first-order valence-corrected chi connectivity index (χ1v) is 14.5. The molecule has 230 valence electrons. The van der Waals surface area contributed by atoms with Gasteiger partial charge in [-0.15, -0.1) is 12.4 Å². The van der Waals surface area contributed by atoms with Gasteiger partial charge in [0.15, 0.2) is 0 Å². The summed E-state index contributed by atoms with van der Waals surface area (Å²) in [7, 11) is 0. The van der Waals surface area contributed by atoms with Gasteiger partial charge in [0, 0.05) is 57.8 Å². The largest absolute Gasteiger partial charge is 0.368 e. The molecule has 3 aromatic rings. The van der Waals surface area contributed by atoms with Crippen molar-refractivity contribution in [3.05, 3.63) is 95.1 Å². The summed E-state index contributed by atoms with van der Waals surface area (Å²) in [5.74, 6) is 1.15. The zero-order valence-corrected chi connectivity index (χ0v) is 27.2. The average molecular weight is 605 g/mol. The molecule has 3 rings (SSSR count). The minimum Gasteiger partial charge on any atom is -0.368 e. The Morgan fingerprint density at radius 3 is 1.02 bits per heavy atom. The average Bonchev–Trinajstić information content (AvgIpc) is 2.92. The van der Waals surface area contributed by atoms with E-state index in [2.05, 4.69) is 58.9 Å². The number of nitrogens with one attached hydrogen (secondary N) is 4. The highest BCUT2D eigenvalue weighted by Crippen LogP contribution is 2.16. The second-order valence-electron chi connectivity index (χ2n) is 11.4. The third-order valence-electron chi connectivity index (χ3n) is 5.87.